The van der Waals surface area contributed by atoms with Gasteiger partial charge in [-0.1, -0.05) is 44.9 Å². The second kappa shape index (κ2) is 8.41. The molecule has 1 aromatic rings. The molecule has 2 rings (SSSR count). The van der Waals surface area contributed by atoms with Crippen LogP contribution in [-0.2, 0) is 4.79 Å². The first-order chi connectivity index (χ1) is 10.2. The molecule has 1 amide bonds. The van der Waals surface area contributed by atoms with Gasteiger partial charge in [0.05, 0.1) is 0 Å². The lowest BCUT2D eigenvalue weighted by atomic mass is 9.79. The number of anilines is 1. The van der Waals surface area contributed by atoms with Crippen LogP contribution in [-0.4, -0.2) is 26.8 Å². The lowest BCUT2D eigenvalue weighted by Crippen LogP contribution is -2.27. The average Bonchev–Trinajstić information content (AvgIpc) is 2.93. The molecule has 0 unspecified atom stereocenters. The van der Waals surface area contributed by atoms with Gasteiger partial charge in [-0.2, -0.15) is 4.98 Å². The molecule has 0 aliphatic heterocycles. The van der Waals surface area contributed by atoms with Crippen molar-refractivity contribution < 1.29 is 4.79 Å². The quantitative estimate of drug-likeness (QED) is 0.750. The van der Waals surface area contributed by atoms with E-state index in [4.69, 9.17) is 0 Å². The SMILES string of the molecule is CCCCC1CCC(C(=O)Nc2nc(SCC)n[nH]2)CC1. The van der Waals surface area contributed by atoms with Gasteiger partial charge in [-0.25, -0.2) is 5.10 Å². The predicted molar refractivity (Wildman–Crippen MR) is 86.4 cm³/mol. The minimum Gasteiger partial charge on any atom is -0.295 e. The number of nitrogens with one attached hydrogen (secondary N) is 2. The zero-order valence-corrected chi connectivity index (χ0v) is 13.8. The van der Waals surface area contributed by atoms with E-state index in [2.05, 4.69) is 34.3 Å². The van der Waals surface area contributed by atoms with Crippen LogP contribution in [0.25, 0.3) is 0 Å². The van der Waals surface area contributed by atoms with E-state index in [1.165, 1.54) is 32.1 Å². The second-order valence-corrected chi connectivity index (χ2v) is 6.98. The van der Waals surface area contributed by atoms with E-state index in [0.717, 1.165) is 24.5 Å². The minimum atomic E-state index is 0.0909. The topological polar surface area (TPSA) is 70.7 Å². The lowest BCUT2D eigenvalue weighted by Gasteiger charge is -2.27. The summed E-state index contributed by atoms with van der Waals surface area (Å²) >= 11 is 1.56. The van der Waals surface area contributed by atoms with Gasteiger partial charge in [-0.15, -0.1) is 5.10 Å². The molecule has 21 heavy (non-hydrogen) atoms. The largest absolute Gasteiger partial charge is 0.295 e. The van der Waals surface area contributed by atoms with Crippen molar-refractivity contribution >= 4 is 23.6 Å². The number of aromatic amines is 1. The van der Waals surface area contributed by atoms with E-state index in [1.54, 1.807) is 11.8 Å². The first-order valence-corrected chi connectivity index (χ1v) is 9.07. The number of carbonyl (C=O) groups is 1. The number of unbranched alkanes of at least 4 members (excludes halogenated alkanes) is 1. The predicted octanol–water partition coefficient (Wildman–Crippen LogP) is 3.85. The van der Waals surface area contributed by atoms with Gasteiger partial charge in [0.25, 0.3) is 0 Å². The molecule has 118 valence electrons. The van der Waals surface area contributed by atoms with Crippen molar-refractivity contribution in [3.05, 3.63) is 0 Å². The molecule has 6 heteroatoms. The van der Waals surface area contributed by atoms with Gasteiger partial charge in [-0.05, 0) is 37.4 Å². The van der Waals surface area contributed by atoms with Crippen molar-refractivity contribution in [3.8, 4) is 0 Å². The first kappa shape index (κ1) is 16.3. The molecular weight excluding hydrogens is 284 g/mol. The van der Waals surface area contributed by atoms with Crippen molar-refractivity contribution in [2.45, 2.75) is 63.9 Å². The second-order valence-electron chi connectivity index (χ2n) is 5.75. The molecule has 1 saturated carbocycles. The van der Waals surface area contributed by atoms with Crippen molar-refractivity contribution in [2.24, 2.45) is 11.8 Å². The maximum Gasteiger partial charge on any atom is 0.229 e. The Morgan fingerprint density at radius 1 is 1.33 bits per heavy atom. The molecule has 0 saturated heterocycles. The Morgan fingerprint density at radius 3 is 2.76 bits per heavy atom. The van der Waals surface area contributed by atoms with Gasteiger partial charge in [0.2, 0.25) is 17.0 Å². The Morgan fingerprint density at radius 2 is 2.10 bits per heavy atom. The fourth-order valence-corrected chi connectivity index (χ4v) is 3.45. The van der Waals surface area contributed by atoms with Gasteiger partial charge in [0, 0.05) is 5.92 Å². The van der Waals surface area contributed by atoms with Gasteiger partial charge in [-0.3, -0.25) is 10.1 Å². The normalized spacial score (nSPS) is 22.2. The smallest absolute Gasteiger partial charge is 0.229 e. The molecule has 1 heterocycles. The van der Waals surface area contributed by atoms with Crippen LogP contribution in [0.2, 0.25) is 0 Å². The number of hydrogen-bond acceptors (Lipinski definition) is 4. The Bertz CT molecular complexity index is 441. The Balaban J connectivity index is 1.76. The molecule has 0 bridgehead atoms. The summed E-state index contributed by atoms with van der Waals surface area (Å²) in [7, 11) is 0. The summed E-state index contributed by atoms with van der Waals surface area (Å²) in [6, 6.07) is 0. The number of nitrogens with zero attached hydrogens (tertiary/aromatic N) is 2. The van der Waals surface area contributed by atoms with Crippen LogP contribution in [0.1, 0.15) is 58.8 Å². The third kappa shape index (κ3) is 5.02. The Kier molecular flexibility index (Phi) is 6.54. The van der Waals surface area contributed by atoms with E-state index < -0.39 is 0 Å². The number of amides is 1. The first-order valence-electron chi connectivity index (χ1n) is 8.09. The van der Waals surface area contributed by atoms with Crippen LogP contribution in [0.3, 0.4) is 0 Å². The molecule has 1 fully saturated rings. The minimum absolute atomic E-state index is 0.0909. The zero-order valence-electron chi connectivity index (χ0n) is 13.0. The molecule has 1 aliphatic rings. The highest BCUT2D eigenvalue weighted by molar-refractivity contribution is 7.99. The van der Waals surface area contributed by atoms with E-state index in [-0.39, 0.29) is 11.8 Å². The molecule has 0 radical (unpaired) electrons. The number of hydrogen-bond donors (Lipinski definition) is 2. The highest BCUT2D eigenvalue weighted by Crippen LogP contribution is 2.32. The number of rotatable bonds is 7. The summed E-state index contributed by atoms with van der Waals surface area (Å²) in [5, 5.41) is 10.4. The van der Waals surface area contributed by atoms with Gasteiger partial charge < -0.3 is 0 Å². The van der Waals surface area contributed by atoms with Crippen LogP contribution in [0, 0.1) is 11.8 Å². The van der Waals surface area contributed by atoms with E-state index in [0.29, 0.717) is 11.1 Å². The molecule has 5 nitrogen and oxygen atoms in total. The summed E-state index contributed by atoms with van der Waals surface area (Å²) in [6.45, 7) is 4.29. The highest BCUT2D eigenvalue weighted by atomic mass is 32.2. The van der Waals surface area contributed by atoms with Crippen LogP contribution < -0.4 is 5.32 Å². The molecule has 0 spiro atoms. The van der Waals surface area contributed by atoms with Crippen LogP contribution >= 0.6 is 11.8 Å². The Labute approximate surface area is 131 Å². The van der Waals surface area contributed by atoms with Crippen molar-refractivity contribution in [1.82, 2.24) is 15.2 Å². The van der Waals surface area contributed by atoms with Gasteiger partial charge >= 0.3 is 0 Å². The number of aromatic nitrogens is 3. The molecule has 1 aliphatic carbocycles. The summed E-state index contributed by atoms with van der Waals surface area (Å²) in [5.74, 6) is 2.45. The molecule has 2 N–H and O–H groups in total. The fourth-order valence-electron chi connectivity index (χ4n) is 2.92. The van der Waals surface area contributed by atoms with Crippen LogP contribution in [0.5, 0.6) is 0 Å². The van der Waals surface area contributed by atoms with Crippen LogP contribution in [0.15, 0.2) is 5.16 Å². The fraction of sp³-hybridized carbons (Fsp3) is 0.800. The number of carbonyl (C=O) groups excluding carboxylic acids is 1. The van der Waals surface area contributed by atoms with E-state index in [1.807, 2.05) is 0 Å². The third-order valence-electron chi connectivity index (χ3n) is 4.16. The highest BCUT2D eigenvalue weighted by Gasteiger charge is 2.26. The molecule has 1 aromatic heterocycles. The van der Waals surface area contributed by atoms with E-state index in [9.17, 15) is 4.79 Å². The maximum atomic E-state index is 12.2. The van der Waals surface area contributed by atoms with Crippen molar-refractivity contribution in [1.29, 1.82) is 0 Å². The number of thioether (sulfide) groups is 1. The maximum absolute atomic E-state index is 12.2. The lowest BCUT2D eigenvalue weighted by molar-refractivity contribution is -0.121. The standard InChI is InChI=1S/C15H26N4OS/c1-3-5-6-11-7-9-12(10-8-11)13(20)16-14-17-15(19-18-14)21-4-2/h11-12H,3-10H2,1-2H3,(H2,16,17,18,19,20). The van der Waals surface area contributed by atoms with Crippen LogP contribution in [0.4, 0.5) is 5.95 Å². The monoisotopic (exact) mass is 310 g/mol. The summed E-state index contributed by atoms with van der Waals surface area (Å²) in [4.78, 5) is 16.5. The zero-order chi connectivity index (χ0) is 15.1. The summed E-state index contributed by atoms with van der Waals surface area (Å²) in [6.07, 6.45) is 8.29. The third-order valence-corrected chi connectivity index (χ3v) is 4.89. The average molecular weight is 310 g/mol. The Hall–Kier alpha value is -1.04. The summed E-state index contributed by atoms with van der Waals surface area (Å²) in [5.41, 5.74) is 0. The summed E-state index contributed by atoms with van der Waals surface area (Å²) < 4.78 is 0. The van der Waals surface area contributed by atoms with E-state index >= 15 is 0 Å². The van der Waals surface area contributed by atoms with Crippen molar-refractivity contribution in [2.75, 3.05) is 11.1 Å². The van der Waals surface area contributed by atoms with Crippen molar-refractivity contribution in [3.63, 3.8) is 0 Å². The van der Waals surface area contributed by atoms with Gasteiger partial charge in [0.15, 0.2) is 0 Å². The molecule has 0 aromatic carbocycles. The number of H-pyrrole nitrogens is 1. The molecule has 0 atom stereocenters. The molecular formula is C15H26N4OS. The van der Waals surface area contributed by atoms with Gasteiger partial charge in [0.1, 0.15) is 0 Å².